The molecule has 0 unspecified atom stereocenters. The lowest BCUT2D eigenvalue weighted by Crippen LogP contribution is -2.49. The zero-order valence-corrected chi connectivity index (χ0v) is 18.8. The van der Waals surface area contributed by atoms with E-state index in [4.69, 9.17) is 0 Å². The van der Waals surface area contributed by atoms with Gasteiger partial charge in [0.2, 0.25) is 0 Å². The Labute approximate surface area is 189 Å². The normalized spacial score (nSPS) is 15.4. The van der Waals surface area contributed by atoms with Crippen LogP contribution in [0.4, 0.5) is 11.4 Å². The van der Waals surface area contributed by atoms with Crippen molar-refractivity contribution in [2.75, 3.05) is 64.1 Å². The van der Waals surface area contributed by atoms with E-state index >= 15 is 0 Å². The number of carbonyl (C=O) groups is 2. The molecule has 2 aromatic rings. The van der Waals surface area contributed by atoms with Gasteiger partial charge in [0.25, 0.3) is 0 Å². The number of piperazine rings is 1. The largest absolute Gasteiger partial charge is 0.378 e. The van der Waals surface area contributed by atoms with Crippen LogP contribution in [0.15, 0.2) is 48.5 Å². The highest BCUT2D eigenvalue weighted by atomic mass is 16.2. The quantitative estimate of drug-likeness (QED) is 0.672. The molecule has 0 radical (unpaired) electrons. The highest BCUT2D eigenvalue weighted by molar-refractivity contribution is 6.39. The summed E-state index contributed by atoms with van der Waals surface area (Å²) in [4.78, 5) is 31.6. The third-order valence-electron chi connectivity index (χ3n) is 5.73. The van der Waals surface area contributed by atoms with Gasteiger partial charge in [-0.1, -0.05) is 24.3 Å². The number of nitrogens with one attached hydrogen (secondary N) is 2. The first-order valence-electron chi connectivity index (χ1n) is 10.7. The summed E-state index contributed by atoms with van der Waals surface area (Å²) in [5.74, 6) is -1.51. The van der Waals surface area contributed by atoms with Gasteiger partial charge in [0.15, 0.2) is 0 Å². The van der Waals surface area contributed by atoms with Crippen molar-refractivity contribution in [1.82, 2.24) is 15.1 Å². The van der Waals surface area contributed by atoms with Crippen molar-refractivity contribution in [3.8, 4) is 6.07 Å². The van der Waals surface area contributed by atoms with Crippen LogP contribution in [-0.2, 0) is 9.59 Å². The van der Waals surface area contributed by atoms with Crippen molar-refractivity contribution in [2.24, 2.45) is 0 Å². The lowest BCUT2D eigenvalue weighted by molar-refractivity contribution is -0.136. The summed E-state index contributed by atoms with van der Waals surface area (Å²) in [6.07, 6.45) is 0. The molecule has 1 aliphatic rings. The Morgan fingerprint density at radius 1 is 1.03 bits per heavy atom. The van der Waals surface area contributed by atoms with E-state index < -0.39 is 11.8 Å². The fraction of sp³-hybridized carbons (Fsp3) is 0.375. The smallest absolute Gasteiger partial charge is 0.313 e. The van der Waals surface area contributed by atoms with Crippen LogP contribution < -0.4 is 15.5 Å². The number of anilines is 2. The molecule has 1 saturated heterocycles. The molecule has 0 aromatic heterocycles. The minimum atomic E-state index is -0.784. The molecule has 1 aliphatic heterocycles. The maximum atomic E-state index is 12.5. The van der Waals surface area contributed by atoms with Crippen LogP contribution in [0.3, 0.4) is 0 Å². The maximum absolute atomic E-state index is 12.5. The molecule has 32 heavy (non-hydrogen) atoms. The lowest BCUT2D eigenvalue weighted by atomic mass is 10.0. The second kappa shape index (κ2) is 10.8. The van der Waals surface area contributed by atoms with Gasteiger partial charge in [-0.05, 0) is 36.9 Å². The number of benzene rings is 2. The van der Waals surface area contributed by atoms with Crippen molar-refractivity contribution in [3.05, 3.63) is 59.7 Å². The summed E-state index contributed by atoms with van der Waals surface area (Å²) in [5.41, 5.74) is 2.83. The molecule has 1 fully saturated rings. The third-order valence-corrected chi connectivity index (χ3v) is 5.73. The van der Waals surface area contributed by atoms with Gasteiger partial charge in [-0.2, -0.15) is 5.26 Å². The molecule has 1 heterocycles. The molecular weight excluding hydrogens is 404 g/mol. The fourth-order valence-corrected chi connectivity index (χ4v) is 3.72. The first-order chi connectivity index (χ1) is 15.4. The van der Waals surface area contributed by atoms with Crippen LogP contribution in [0.25, 0.3) is 0 Å². The van der Waals surface area contributed by atoms with Gasteiger partial charge in [-0.3, -0.25) is 14.5 Å². The number of nitrogens with zero attached hydrogens (tertiary/aromatic N) is 4. The molecule has 2 aromatic carbocycles. The van der Waals surface area contributed by atoms with Gasteiger partial charge in [-0.15, -0.1) is 0 Å². The predicted molar refractivity (Wildman–Crippen MR) is 125 cm³/mol. The van der Waals surface area contributed by atoms with Gasteiger partial charge in [0, 0.05) is 52.5 Å². The minimum Gasteiger partial charge on any atom is -0.378 e. The molecule has 2 N–H and O–H groups in total. The molecule has 168 valence electrons. The number of para-hydroxylation sites is 1. The maximum Gasteiger partial charge on any atom is 0.313 e. The standard InChI is InChI=1S/C24H30N6O2/c1-28(2)20-10-8-18(9-11-20)22(30-14-12-29(3)13-15-30)17-26-23(31)24(32)27-21-7-5-4-6-19(21)16-25/h4-11,22H,12-15,17H2,1-3H3,(H,26,31)(H,27,32)/t22-/m0/s1. The van der Waals surface area contributed by atoms with Gasteiger partial charge >= 0.3 is 11.8 Å². The Morgan fingerprint density at radius 2 is 1.69 bits per heavy atom. The second-order valence-electron chi connectivity index (χ2n) is 8.16. The monoisotopic (exact) mass is 434 g/mol. The number of carbonyl (C=O) groups excluding carboxylic acids is 2. The number of hydrogen-bond acceptors (Lipinski definition) is 6. The fourth-order valence-electron chi connectivity index (χ4n) is 3.72. The predicted octanol–water partition coefficient (Wildman–Crippen LogP) is 1.67. The van der Waals surface area contributed by atoms with Crippen LogP contribution in [0.5, 0.6) is 0 Å². The van der Waals surface area contributed by atoms with Crippen molar-refractivity contribution >= 4 is 23.2 Å². The van der Waals surface area contributed by atoms with Crippen LogP contribution in [0, 0.1) is 11.3 Å². The zero-order chi connectivity index (χ0) is 23.1. The molecule has 0 bridgehead atoms. The molecule has 8 heteroatoms. The van der Waals surface area contributed by atoms with Crippen LogP contribution in [0.2, 0.25) is 0 Å². The second-order valence-corrected chi connectivity index (χ2v) is 8.16. The summed E-state index contributed by atoms with van der Waals surface area (Å²) in [7, 11) is 6.09. The first kappa shape index (κ1) is 23.3. The van der Waals surface area contributed by atoms with Crippen molar-refractivity contribution in [1.29, 1.82) is 5.26 Å². The van der Waals surface area contributed by atoms with E-state index in [1.54, 1.807) is 24.3 Å². The summed E-state index contributed by atoms with van der Waals surface area (Å²) in [6.45, 7) is 3.98. The molecule has 3 rings (SSSR count). The Kier molecular flexibility index (Phi) is 7.82. The van der Waals surface area contributed by atoms with Crippen molar-refractivity contribution < 1.29 is 9.59 Å². The van der Waals surface area contributed by atoms with E-state index in [1.807, 2.05) is 25.1 Å². The molecule has 8 nitrogen and oxygen atoms in total. The van der Waals surface area contributed by atoms with Gasteiger partial charge in [0.05, 0.1) is 17.3 Å². The average molecular weight is 435 g/mol. The molecular formula is C24H30N6O2. The Balaban J connectivity index is 1.69. The summed E-state index contributed by atoms with van der Waals surface area (Å²) < 4.78 is 0. The van der Waals surface area contributed by atoms with Crippen LogP contribution >= 0.6 is 0 Å². The van der Waals surface area contributed by atoms with E-state index in [1.165, 1.54) is 0 Å². The topological polar surface area (TPSA) is 91.7 Å². The number of amides is 2. The third kappa shape index (κ3) is 5.84. The number of hydrogen-bond donors (Lipinski definition) is 2. The molecule has 0 saturated carbocycles. The zero-order valence-electron chi connectivity index (χ0n) is 18.8. The van der Waals surface area contributed by atoms with E-state index in [0.717, 1.165) is 37.4 Å². The van der Waals surface area contributed by atoms with Gasteiger partial charge in [0.1, 0.15) is 6.07 Å². The van der Waals surface area contributed by atoms with E-state index in [-0.39, 0.29) is 6.04 Å². The SMILES string of the molecule is CN1CCN([C@@H](CNC(=O)C(=O)Nc2ccccc2C#N)c2ccc(N(C)C)cc2)CC1. The van der Waals surface area contributed by atoms with E-state index in [0.29, 0.717) is 17.8 Å². The van der Waals surface area contributed by atoms with Crippen molar-refractivity contribution in [3.63, 3.8) is 0 Å². The summed E-state index contributed by atoms with van der Waals surface area (Å²) in [6, 6.07) is 16.8. The van der Waals surface area contributed by atoms with E-state index in [9.17, 15) is 14.9 Å². The molecule has 0 spiro atoms. The summed E-state index contributed by atoms with van der Waals surface area (Å²) >= 11 is 0. The first-order valence-corrected chi connectivity index (χ1v) is 10.7. The molecule has 0 aliphatic carbocycles. The summed E-state index contributed by atoms with van der Waals surface area (Å²) in [5, 5.41) is 14.5. The number of likely N-dealkylation sites (N-methyl/N-ethyl adjacent to an activating group) is 1. The average Bonchev–Trinajstić information content (AvgIpc) is 2.80. The minimum absolute atomic E-state index is 0.0388. The number of nitriles is 1. The lowest BCUT2D eigenvalue weighted by Gasteiger charge is -2.38. The Morgan fingerprint density at radius 3 is 2.31 bits per heavy atom. The van der Waals surface area contributed by atoms with Gasteiger partial charge < -0.3 is 20.4 Å². The number of rotatable bonds is 6. The van der Waals surface area contributed by atoms with Gasteiger partial charge in [-0.25, -0.2) is 0 Å². The highest BCUT2D eigenvalue weighted by Gasteiger charge is 2.25. The Hall–Kier alpha value is -3.41. The Bertz CT molecular complexity index is 975. The molecule has 2 amide bonds. The van der Waals surface area contributed by atoms with Crippen LogP contribution in [0.1, 0.15) is 17.2 Å². The molecule has 1 atom stereocenters. The van der Waals surface area contributed by atoms with Crippen molar-refractivity contribution in [2.45, 2.75) is 6.04 Å². The van der Waals surface area contributed by atoms with Crippen LogP contribution in [-0.4, -0.2) is 75.5 Å². The highest BCUT2D eigenvalue weighted by Crippen LogP contribution is 2.24. The van der Waals surface area contributed by atoms with E-state index in [2.05, 4.69) is 51.7 Å².